The van der Waals surface area contributed by atoms with E-state index in [1.807, 2.05) is 0 Å². The second kappa shape index (κ2) is 5.97. The van der Waals surface area contributed by atoms with Crippen molar-refractivity contribution in [3.05, 3.63) is 78.1 Å². The van der Waals surface area contributed by atoms with Gasteiger partial charge in [-0.25, -0.2) is 4.39 Å². The molecule has 3 heteroatoms. The van der Waals surface area contributed by atoms with E-state index in [1.165, 1.54) is 30.3 Å². The van der Waals surface area contributed by atoms with Crippen molar-refractivity contribution >= 4 is 17.4 Å². The Hall–Kier alpha value is -2.68. The predicted molar refractivity (Wildman–Crippen MR) is 77.6 cm³/mol. The molecule has 0 unspecified atom stereocenters. The number of rotatable bonds is 4. The third-order valence-corrected chi connectivity index (χ3v) is 2.79. The number of benzene rings is 2. The summed E-state index contributed by atoms with van der Waals surface area (Å²) in [6.07, 6.45) is 2.83. The highest BCUT2D eigenvalue weighted by Gasteiger charge is 2.09. The molecule has 0 fully saturated rings. The van der Waals surface area contributed by atoms with Crippen molar-refractivity contribution in [2.75, 3.05) is 0 Å². The molecule has 2 aromatic carbocycles. The average molecular weight is 268 g/mol. The smallest absolute Gasteiger partial charge is 0.185 e. The Morgan fingerprint density at radius 2 is 1.85 bits per heavy atom. The Morgan fingerprint density at radius 1 is 1.15 bits per heavy atom. The van der Waals surface area contributed by atoms with E-state index in [-0.39, 0.29) is 11.5 Å². The highest BCUT2D eigenvalue weighted by Crippen LogP contribution is 2.21. The maximum Gasteiger partial charge on any atom is 0.185 e. The van der Waals surface area contributed by atoms with Crippen LogP contribution in [0.2, 0.25) is 0 Å². The molecule has 2 aromatic rings. The number of ketones is 1. The normalized spacial score (nSPS) is 11.2. The van der Waals surface area contributed by atoms with Crippen LogP contribution < -0.4 is 0 Å². The van der Waals surface area contributed by atoms with Gasteiger partial charge in [-0.05, 0) is 47.5 Å². The van der Waals surface area contributed by atoms with E-state index < -0.39 is 5.82 Å². The van der Waals surface area contributed by atoms with Gasteiger partial charge < -0.3 is 5.11 Å². The second-order valence-corrected chi connectivity index (χ2v) is 4.23. The van der Waals surface area contributed by atoms with E-state index in [1.54, 1.807) is 30.3 Å². The fourth-order valence-electron chi connectivity index (χ4n) is 1.80. The molecule has 0 aromatic heterocycles. The molecule has 0 aliphatic heterocycles. The lowest BCUT2D eigenvalue weighted by Gasteiger charge is -2.05. The van der Waals surface area contributed by atoms with E-state index in [0.29, 0.717) is 11.1 Å². The number of carbonyl (C=O) groups is 1. The van der Waals surface area contributed by atoms with Gasteiger partial charge in [0.1, 0.15) is 11.6 Å². The van der Waals surface area contributed by atoms with Crippen molar-refractivity contribution in [2.24, 2.45) is 0 Å². The molecule has 0 spiro atoms. The highest BCUT2D eigenvalue weighted by molar-refractivity contribution is 6.29. The summed E-state index contributed by atoms with van der Waals surface area (Å²) in [6, 6.07) is 12.2. The van der Waals surface area contributed by atoms with Crippen LogP contribution in [0.4, 0.5) is 4.39 Å². The molecule has 0 radical (unpaired) electrons. The third-order valence-electron chi connectivity index (χ3n) is 2.79. The number of hydrogen-bond acceptors (Lipinski definition) is 2. The summed E-state index contributed by atoms with van der Waals surface area (Å²) in [7, 11) is 0. The fraction of sp³-hybridized carbons (Fsp3) is 0. The number of phenols is 1. The van der Waals surface area contributed by atoms with Crippen LogP contribution in [0.5, 0.6) is 5.75 Å². The molecular formula is C17H13FO2. The van der Waals surface area contributed by atoms with Gasteiger partial charge in [0.25, 0.3) is 0 Å². The summed E-state index contributed by atoms with van der Waals surface area (Å²) in [6.45, 7) is 3.46. The molecular weight excluding hydrogens is 255 g/mol. The number of phenolic OH excluding ortho intramolecular Hbond substituents is 1. The van der Waals surface area contributed by atoms with Gasteiger partial charge in [-0.2, -0.15) is 0 Å². The lowest BCUT2D eigenvalue weighted by atomic mass is 9.99. The molecule has 100 valence electrons. The van der Waals surface area contributed by atoms with E-state index >= 15 is 0 Å². The van der Waals surface area contributed by atoms with E-state index in [4.69, 9.17) is 0 Å². The van der Waals surface area contributed by atoms with Gasteiger partial charge in [-0.15, -0.1) is 0 Å². The van der Waals surface area contributed by atoms with Crippen LogP contribution >= 0.6 is 0 Å². The van der Waals surface area contributed by atoms with Crippen molar-refractivity contribution in [1.29, 1.82) is 0 Å². The predicted octanol–water partition coefficient (Wildman–Crippen LogP) is 3.83. The van der Waals surface area contributed by atoms with Gasteiger partial charge in [0.05, 0.1) is 0 Å². The molecule has 0 bridgehead atoms. The van der Waals surface area contributed by atoms with Crippen molar-refractivity contribution < 1.29 is 14.3 Å². The van der Waals surface area contributed by atoms with Crippen LogP contribution in [-0.2, 0) is 4.79 Å². The fourth-order valence-corrected chi connectivity index (χ4v) is 1.80. The summed E-state index contributed by atoms with van der Waals surface area (Å²) in [5.41, 5.74) is 1.57. The van der Waals surface area contributed by atoms with Gasteiger partial charge in [0, 0.05) is 5.57 Å². The summed E-state index contributed by atoms with van der Waals surface area (Å²) in [5, 5.41) is 9.25. The van der Waals surface area contributed by atoms with Crippen LogP contribution in [-0.4, -0.2) is 10.9 Å². The monoisotopic (exact) mass is 268 g/mol. The molecule has 0 saturated heterocycles. The summed E-state index contributed by atoms with van der Waals surface area (Å²) in [4.78, 5) is 11.9. The molecule has 0 aliphatic carbocycles. The minimum absolute atomic E-state index is 0.143. The Kier molecular flexibility index (Phi) is 4.11. The van der Waals surface area contributed by atoms with Crippen LogP contribution in [0, 0.1) is 5.82 Å². The van der Waals surface area contributed by atoms with Crippen LogP contribution in [0.1, 0.15) is 11.1 Å². The van der Waals surface area contributed by atoms with Crippen molar-refractivity contribution in [3.8, 4) is 5.75 Å². The standard InChI is InChI=1S/C17H13FO2/c1-2-17(20)16(13-4-3-5-14(18)11-13)10-12-6-8-15(19)9-7-12/h2-11,19H,1H2. The Balaban J connectivity index is 2.50. The lowest BCUT2D eigenvalue weighted by molar-refractivity contribution is -0.109. The minimum Gasteiger partial charge on any atom is -0.508 e. The van der Waals surface area contributed by atoms with Gasteiger partial charge in [0.2, 0.25) is 0 Å². The zero-order chi connectivity index (χ0) is 14.5. The first-order valence-corrected chi connectivity index (χ1v) is 6.03. The zero-order valence-corrected chi connectivity index (χ0v) is 10.7. The first-order valence-electron chi connectivity index (χ1n) is 6.03. The molecule has 0 heterocycles. The van der Waals surface area contributed by atoms with Crippen molar-refractivity contribution in [2.45, 2.75) is 0 Å². The van der Waals surface area contributed by atoms with Crippen LogP contribution in [0.3, 0.4) is 0 Å². The van der Waals surface area contributed by atoms with E-state index in [2.05, 4.69) is 6.58 Å². The molecule has 2 nitrogen and oxygen atoms in total. The van der Waals surface area contributed by atoms with Crippen molar-refractivity contribution in [1.82, 2.24) is 0 Å². The molecule has 0 aliphatic rings. The third kappa shape index (κ3) is 3.20. The number of halogens is 1. The zero-order valence-electron chi connectivity index (χ0n) is 10.7. The van der Waals surface area contributed by atoms with E-state index in [0.717, 1.165) is 5.56 Å². The average Bonchev–Trinajstić information content (AvgIpc) is 2.46. The highest BCUT2D eigenvalue weighted by atomic mass is 19.1. The molecule has 1 N–H and O–H groups in total. The van der Waals surface area contributed by atoms with Gasteiger partial charge >= 0.3 is 0 Å². The van der Waals surface area contributed by atoms with E-state index in [9.17, 15) is 14.3 Å². The Morgan fingerprint density at radius 3 is 2.45 bits per heavy atom. The lowest BCUT2D eigenvalue weighted by Crippen LogP contribution is -1.98. The largest absolute Gasteiger partial charge is 0.508 e. The molecule has 0 amide bonds. The topological polar surface area (TPSA) is 37.3 Å². The first-order chi connectivity index (χ1) is 9.60. The number of allylic oxidation sites excluding steroid dienone is 2. The van der Waals surface area contributed by atoms with Crippen molar-refractivity contribution in [3.63, 3.8) is 0 Å². The summed E-state index contributed by atoms with van der Waals surface area (Å²) < 4.78 is 13.3. The second-order valence-electron chi connectivity index (χ2n) is 4.23. The summed E-state index contributed by atoms with van der Waals surface area (Å²) >= 11 is 0. The molecule has 2 rings (SSSR count). The van der Waals surface area contributed by atoms with Gasteiger partial charge in [-0.1, -0.05) is 30.8 Å². The molecule has 0 atom stereocenters. The van der Waals surface area contributed by atoms with Gasteiger partial charge in [0.15, 0.2) is 5.78 Å². The maximum absolute atomic E-state index is 13.3. The molecule has 20 heavy (non-hydrogen) atoms. The SMILES string of the molecule is C=CC(=O)C(=Cc1ccc(O)cc1)c1cccc(F)c1. The van der Waals surface area contributed by atoms with Crippen LogP contribution in [0.15, 0.2) is 61.2 Å². The number of aromatic hydroxyl groups is 1. The van der Waals surface area contributed by atoms with Gasteiger partial charge in [-0.3, -0.25) is 4.79 Å². The number of carbonyl (C=O) groups excluding carboxylic acids is 1. The Bertz CT molecular complexity index is 670. The minimum atomic E-state index is -0.407. The number of hydrogen-bond donors (Lipinski definition) is 1. The first kappa shape index (κ1) is 13.7. The molecule has 0 saturated carbocycles. The quantitative estimate of drug-likeness (QED) is 0.676. The Labute approximate surface area is 116 Å². The summed E-state index contributed by atoms with van der Waals surface area (Å²) in [5.74, 6) is -0.552. The van der Waals surface area contributed by atoms with Crippen LogP contribution in [0.25, 0.3) is 11.6 Å². The maximum atomic E-state index is 13.3.